The lowest BCUT2D eigenvalue weighted by Gasteiger charge is -2.10. The lowest BCUT2D eigenvalue weighted by atomic mass is 10.1. The van der Waals surface area contributed by atoms with Crippen LogP contribution in [0.15, 0.2) is 65.5 Å². The number of hydrogen-bond acceptors (Lipinski definition) is 5. The normalized spacial score (nSPS) is 11.0. The maximum absolute atomic E-state index is 13.1. The molecule has 29 heavy (non-hydrogen) atoms. The number of ether oxygens (including phenoxy) is 1. The van der Waals surface area contributed by atoms with E-state index < -0.39 is 0 Å². The van der Waals surface area contributed by atoms with Crippen molar-refractivity contribution < 1.29 is 9.53 Å². The summed E-state index contributed by atoms with van der Waals surface area (Å²) in [6.45, 7) is 4.35. The van der Waals surface area contributed by atoms with Gasteiger partial charge in [0.25, 0.3) is 5.56 Å². The molecule has 0 amide bonds. The largest absolute Gasteiger partial charge is 0.462 e. The van der Waals surface area contributed by atoms with Crippen LogP contribution in [-0.2, 0) is 11.3 Å². The second-order valence-electron chi connectivity index (χ2n) is 6.66. The summed E-state index contributed by atoms with van der Waals surface area (Å²) in [5, 5.41) is 0.627. The Morgan fingerprint density at radius 2 is 1.83 bits per heavy atom. The number of nitrogens with zero attached hydrogens (tertiary/aromatic N) is 2. The average Bonchev–Trinajstić information content (AvgIpc) is 3.16. The summed E-state index contributed by atoms with van der Waals surface area (Å²) >= 11 is 1.53. The fourth-order valence-electron chi connectivity index (χ4n) is 3.19. The Morgan fingerprint density at radius 3 is 2.52 bits per heavy atom. The standard InChI is InChI=1S/C23H20N2O3S/c1-3-28-23(27)18-11-9-16(10-12-18)14-25-15(2)24-21-19(22(25)26)13-20(29-21)17-7-5-4-6-8-17/h4-13H,3,14H2,1-2H3. The van der Waals surface area contributed by atoms with Crippen molar-refractivity contribution in [2.45, 2.75) is 20.4 Å². The molecular weight excluding hydrogens is 384 g/mol. The summed E-state index contributed by atoms with van der Waals surface area (Å²) in [4.78, 5) is 31.4. The Morgan fingerprint density at radius 1 is 1.10 bits per heavy atom. The SMILES string of the molecule is CCOC(=O)c1ccc(Cn2c(C)nc3sc(-c4ccccc4)cc3c2=O)cc1. The summed E-state index contributed by atoms with van der Waals surface area (Å²) in [6.07, 6.45) is 0. The zero-order valence-corrected chi connectivity index (χ0v) is 17.0. The Labute approximate surface area is 172 Å². The highest BCUT2D eigenvalue weighted by Crippen LogP contribution is 2.31. The van der Waals surface area contributed by atoms with Gasteiger partial charge in [-0.25, -0.2) is 9.78 Å². The smallest absolute Gasteiger partial charge is 0.338 e. The molecule has 0 unspecified atom stereocenters. The van der Waals surface area contributed by atoms with Crippen LogP contribution in [0.3, 0.4) is 0 Å². The Hall–Kier alpha value is -3.25. The van der Waals surface area contributed by atoms with Gasteiger partial charge in [-0.05, 0) is 43.2 Å². The van der Waals surface area contributed by atoms with E-state index in [1.807, 2.05) is 55.5 Å². The van der Waals surface area contributed by atoms with Crippen LogP contribution >= 0.6 is 11.3 Å². The monoisotopic (exact) mass is 404 g/mol. The first kappa shape index (κ1) is 19.1. The molecule has 0 fully saturated rings. The third kappa shape index (κ3) is 3.84. The van der Waals surface area contributed by atoms with Gasteiger partial charge in [0.2, 0.25) is 0 Å². The van der Waals surface area contributed by atoms with Crippen molar-refractivity contribution in [3.8, 4) is 10.4 Å². The summed E-state index contributed by atoms with van der Waals surface area (Å²) in [5.41, 5.74) is 2.44. The number of aryl methyl sites for hydroxylation is 1. The molecule has 2 heterocycles. The third-order valence-electron chi connectivity index (χ3n) is 4.71. The molecule has 0 spiro atoms. The molecule has 2 aromatic carbocycles. The first-order valence-electron chi connectivity index (χ1n) is 9.39. The summed E-state index contributed by atoms with van der Waals surface area (Å²) in [5.74, 6) is 0.320. The van der Waals surface area contributed by atoms with Gasteiger partial charge in [0, 0.05) is 4.88 Å². The first-order valence-corrected chi connectivity index (χ1v) is 10.2. The molecule has 0 saturated heterocycles. The molecule has 0 atom stereocenters. The second-order valence-corrected chi connectivity index (χ2v) is 7.69. The van der Waals surface area contributed by atoms with Crippen LogP contribution in [0, 0.1) is 6.92 Å². The lowest BCUT2D eigenvalue weighted by Crippen LogP contribution is -2.23. The quantitative estimate of drug-likeness (QED) is 0.454. The zero-order chi connectivity index (χ0) is 20.4. The van der Waals surface area contributed by atoms with E-state index in [0.29, 0.717) is 29.9 Å². The van der Waals surface area contributed by atoms with E-state index >= 15 is 0 Å². The minimum absolute atomic E-state index is 0.0552. The number of carbonyl (C=O) groups is 1. The van der Waals surface area contributed by atoms with Crippen LogP contribution in [0.1, 0.15) is 28.7 Å². The third-order valence-corrected chi connectivity index (χ3v) is 5.78. The molecular formula is C23H20N2O3S. The number of hydrogen-bond donors (Lipinski definition) is 0. The van der Waals surface area contributed by atoms with E-state index in [2.05, 4.69) is 4.98 Å². The van der Waals surface area contributed by atoms with Gasteiger partial charge in [-0.2, -0.15) is 0 Å². The summed E-state index contributed by atoms with van der Waals surface area (Å²) < 4.78 is 6.68. The highest BCUT2D eigenvalue weighted by molar-refractivity contribution is 7.21. The molecule has 0 bridgehead atoms. The van der Waals surface area contributed by atoms with Gasteiger partial charge in [0.15, 0.2) is 0 Å². The van der Waals surface area contributed by atoms with E-state index in [-0.39, 0.29) is 11.5 Å². The van der Waals surface area contributed by atoms with Crippen molar-refractivity contribution in [3.05, 3.63) is 88.0 Å². The number of aromatic nitrogens is 2. The van der Waals surface area contributed by atoms with E-state index in [1.54, 1.807) is 23.6 Å². The van der Waals surface area contributed by atoms with Crippen molar-refractivity contribution in [1.82, 2.24) is 9.55 Å². The zero-order valence-electron chi connectivity index (χ0n) is 16.2. The van der Waals surface area contributed by atoms with Gasteiger partial charge in [0.05, 0.1) is 24.1 Å². The fourth-order valence-corrected chi connectivity index (χ4v) is 4.26. The minimum Gasteiger partial charge on any atom is -0.462 e. The molecule has 4 rings (SSSR count). The molecule has 0 aliphatic rings. The predicted molar refractivity (Wildman–Crippen MR) is 116 cm³/mol. The summed E-state index contributed by atoms with van der Waals surface area (Å²) in [6, 6.07) is 19.0. The Bertz CT molecular complexity index is 1220. The van der Waals surface area contributed by atoms with Crippen molar-refractivity contribution >= 4 is 27.5 Å². The highest BCUT2D eigenvalue weighted by Gasteiger charge is 2.14. The van der Waals surface area contributed by atoms with Crippen LogP contribution in [-0.4, -0.2) is 22.1 Å². The molecule has 146 valence electrons. The van der Waals surface area contributed by atoms with Crippen molar-refractivity contribution in [2.75, 3.05) is 6.61 Å². The lowest BCUT2D eigenvalue weighted by molar-refractivity contribution is 0.0526. The molecule has 2 aromatic heterocycles. The van der Waals surface area contributed by atoms with Crippen molar-refractivity contribution in [1.29, 1.82) is 0 Å². The number of carbonyl (C=O) groups excluding carboxylic acids is 1. The molecule has 0 N–H and O–H groups in total. The topological polar surface area (TPSA) is 61.2 Å². The summed E-state index contributed by atoms with van der Waals surface area (Å²) in [7, 11) is 0. The number of fused-ring (bicyclic) bond motifs is 1. The van der Waals surface area contributed by atoms with E-state index in [0.717, 1.165) is 20.8 Å². The van der Waals surface area contributed by atoms with Crippen LogP contribution in [0.2, 0.25) is 0 Å². The second kappa shape index (κ2) is 8.01. The maximum atomic E-state index is 13.1. The molecule has 6 heteroatoms. The molecule has 0 radical (unpaired) electrons. The van der Waals surface area contributed by atoms with Gasteiger partial charge in [0.1, 0.15) is 10.7 Å². The van der Waals surface area contributed by atoms with E-state index in [4.69, 9.17) is 4.74 Å². The molecule has 4 aromatic rings. The maximum Gasteiger partial charge on any atom is 0.338 e. The number of rotatable bonds is 5. The first-order chi connectivity index (χ1) is 14.1. The fraction of sp³-hybridized carbons (Fsp3) is 0.174. The molecule has 0 saturated carbocycles. The van der Waals surface area contributed by atoms with E-state index in [1.165, 1.54) is 11.3 Å². The number of benzene rings is 2. The minimum atomic E-state index is -0.345. The van der Waals surface area contributed by atoms with Crippen molar-refractivity contribution in [2.24, 2.45) is 0 Å². The Kier molecular flexibility index (Phi) is 5.27. The van der Waals surface area contributed by atoms with Gasteiger partial charge in [-0.3, -0.25) is 9.36 Å². The van der Waals surface area contributed by atoms with Gasteiger partial charge >= 0.3 is 5.97 Å². The van der Waals surface area contributed by atoms with Crippen LogP contribution in [0.5, 0.6) is 0 Å². The van der Waals surface area contributed by atoms with Gasteiger partial charge in [-0.1, -0.05) is 42.5 Å². The molecule has 5 nitrogen and oxygen atoms in total. The van der Waals surface area contributed by atoms with Crippen molar-refractivity contribution in [3.63, 3.8) is 0 Å². The molecule has 0 aliphatic carbocycles. The van der Waals surface area contributed by atoms with E-state index in [9.17, 15) is 9.59 Å². The number of thiophene rings is 1. The average molecular weight is 404 g/mol. The van der Waals surface area contributed by atoms with Gasteiger partial charge in [-0.15, -0.1) is 11.3 Å². The van der Waals surface area contributed by atoms with Crippen LogP contribution in [0.25, 0.3) is 20.7 Å². The number of esters is 1. The van der Waals surface area contributed by atoms with Crippen LogP contribution < -0.4 is 5.56 Å². The Balaban J connectivity index is 1.67. The van der Waals surface area contributed by atoms with Gasteiger partial charge < -0.3 is 4.74 Å². The van der Waals surface area contributed by atoms with Crippen LogP contribution in [0.4, 0.5) is 0 Å². The highest BCUT2D eigenvalue weighted by atomic mass is 32.1. The molecule has 0 aliphatic heterocycles. The predicted octanol–water partition coefficient (Wildman–Crippen LogP) is 4.66.